The van der Waals surface area contributed by atoms with E-state index in [1.54, 1.807) is 11.8 Å². The molecule has 0 radical (unpaired) electrons. The summed E-state index contributed by atoms with van der Waals surface area (Å²) in [4.78, 5) is 32.5. The Morgan fingerprint density at radius 2 is 1.46 bits per heavy atom. The van der Waals surface area contributed by atoms with Gasteiger partial charge in [0.05, 0.1) is 64.0 Å². The highest BCUT2D eigenvalue weighted by Crippen LogP contribution is 2.49. The van der Waals surface area contributed by atoms with Crippen molar-refractivity contribution in [3.63, 3.8) is 0 Å². The fourth-order valence-corrected chi connectivity index (χ4v) is 8.49. The molecule has 0 spiro atoms. The summed E-state index contributed by atoms with van der Waals surface area (Å²) in [5.74, 6) is -2.14. The van der Waals surface area contributed by atoms with Crippen LogP contribution in [-0.2, 0) is 14.9 Å². The van der Waals surface area contributed by atoms with E-state index >= 15 is 4.39 Å². The number of aromatic nitrogens is 3. The van der Waals surface area contributed by atoms with Crippen LogP contribution in [0.2, 0.25) is 0 Å². The lowest BCUT2D eigenvalue weighted by atomic mass is 9.91. The van der Waals surface area contributed by atoms with Gasteiger partial charge in [-0.25, -0.2) is 27.5 Å². The van der Waals surface area contributed by atoms with Crippen LogP contribution in [0.15, 0.2) is 45.6 Å². The summed E-state index contributed by atoms with van der Waals surface area (Å²) in [5.41, 5.74) is 5.09. The Balaban J connectivity index is 0.000000234. The SMILES string of the molecule is Cc1c(Br)nc2cc(F)cc(F)c2c1Br.Cc1c(N2CCCCC2=O)nc2cc(F)cc(F)c2c1N1CC(C)(C)c2ncc(N3CCOCC3)cc21. The van der Waals surface area contributed by atoms with Crippen LogP contribution in [0.25, 0.3) is 21.8 Å². The fourth-order valence-electron chi connectivity index (χ4n) is 7.26. The van der Waals surface area contributed by atoms with E-state index in [-0.39, 0.29) is 27.7 Å². The number of halogens is 6. The van der Waals surface area contributed by atoms with Crippen LogP contribution in [0, 0.1) is 37.1 Å². The first kappa shape index (κ1) is 36.5. The summed E-state index contributed by atoms with van der Waals surface area (Å²) >= 11 is 6.50. The van der Waals surface area contributed by atoms with Gasteiger partial charge in [-0.2, -0.15) is 0 Å². The minimum Gasteiger partial charge on any atom is -0.378 e. The predicted octanol–water partition coefficient (Wildman–Crippen LogP) is 9.35. The van der Waals surface area contributed by atoms with Crippen molar-refractivity contribution in [1.82, 2.24) is 15.0 Å². The molecule has 0 unspecified atom stereocenters. The molecule has 14 heteroatoms. The average molecular weight is 845 g/mol. The van der Waals surface area contributed by atoms with Crippen molar-refractivity contribution in [3.8, 4) is 0 Å². The molecule has 2 fully saturated rings. The first-order chi connectivity index (χ1) is 24.7. The Bertz CT molecular complexity index is 2250. The Labute approximate surface area is 315 Å². The van der Waals surface area contributed by atoms with E-state index in [0.29, 0.717) is 64.3 Å². The van der Waals surface area contributed by atoms with Gasteiger partial charge >= 0.3 is 0 Å². The van der Waals surface area contributed by atoms with Gasteiger partial charge in [0.15, 0.2) is 0 Å². The molecule has 2 aromatic carbocycles. The molecule has 8 nitrogen and oxygen atoms in total. The number of carbonyl (C=O) groups is 1. The van der Waals surface area contributed by atoms with Gasteiger partial charge in [0.25, 0.3) is 0 Å². The number of anilines is 4. The van der Waals surface area contributed by atoms with Crippen molar-refractivity contribution >= 4 is 82.5 Å². The lowest BCUT2D eigenvalue weighted by molar-refractivity contribution is -0.119. The molecule has 6 heterocycles. The highest BCUT2D eigenvalue weighted by molar-refractivity contribution is 9.11. The van der Waals surface area contributed by atoms with E-state index in [4.69, 9.17) is 9.72 Å². The molecule has 0 saturated carbocycles. The predicted molar refractivity (Wildman–Crippen MR) is 202 cm³/mol. The largest absolute Gasteiger partial charge is 0.378 e. The second-order valence-corrected chi connectivity index (χ2v) is 15.5. The molecule has 2 saturated heterocycles. The zero-order valence-electron chi connectivity index (χ0n) is 29.1. The van der Waals surface area contributed by atoms with Crippen LogP contribution in [0.4, 0.5) is 40.4 Å². The summed E-state index contributed by atoms with van der Waals surface area (Å²) in [7, 11) is 0. The smallest absolute Gasteiger partial charge is 0.228 e. The summed E-state index contributed by atoms with van der Waals surface area (Å²) in [6.45, 7) is 11.9. The zero-order chi connectivity index (χ0) is 37.1. The normalized spacial score (nSPS) is 17.1. The van der Waals surface area contributed by atoms with E-state index < -0.39 is 23.3 Å². The van der Waals surface area contributed by atoms with Gasteiger partial charge in [0.1, 0.15) is 33.7 Å². The molecule has 0 bridgehead atoms. The minimum atomic E-state index is -0.693. The Hall–Kier alpha value is -3.88. The van der Waals surface area contributed by atoms with Gasteiger partial charge in [-0.05, 0) is 70.2 Å². The average Bonchev–Trinajstić information content (AvgIpc) is 3.37. The summed E-state index contributed by atoms with van der Waals surface area (Å²) in [5, 5.41) is 0.560. The fraction of sp³-hybridized carbons (Fsp3) is 0.368. The Kier molecular flexibility index (Phi) is 9.94. The third-order valence-electron chi connectivity index (χ3n) is 9.86. The maximum atomic E-state index is 15.5. The van der Waals surface area contributed by atoms with Crippen molar-refractivity contribution in [2.75, 3.05) is 54.1 Å². The Morgan fingerprint density at radius 3 is 2.13 bits per heavy atom. The summed E-state index contributed by atoms with van der Waals surface area (Å²) in [6.07, 6.45) is 4.05. The lowest BCUT2D eigenvalue weighted by Gasteiger charge is -2.32. The number of fused-ring (bicyclic) bond motifs is 3. The number of amides is 1. The number of morpholine rings is 1. The molecular weight excluding hydrogens is 808 g/mol. The van der Waals surface area contributed by atoms with Crippen LogP contribution in [-0.4, -0.2) is 60.3 Å². The standard InChI is InChI=1S/C28H31F2N5O2.C10H5Br2F2N/c1-17-25(24-20(30)12-18(29)13-21(24)32-27(17)34-7-5-4-6-23(34)36)35-16-28(2,3)26-22(35)14-19(15-31-26)33-8-10-37-11-9-33;1-4-9(11)8-6(14)2-5(13)3-7(8)15-10(4)12/h12-15H,4-11,16H2,1-3H3;2-3H,1H3. The molecule has 0 aliphatic carbocycles. The number of benzene rings is 2. The number of nitrogens with zero attached hydrogens (tertiary/aromatic N) is 6. The highest BCUT2D eigenvalue weighted by Gasteiger charge is 2.40. The van der Waals surface area contributed by atoms with Crippen molar-refractivity contribution in [3.05, 3.63) is 85.7 Å². The topological polar surface area (TPSA) is 74.7 Å². The molecular formula is C38H36Br2F4N6O2. The second-order valence-electron chi connectivity index (χ2n) is 13.9. The van der Waals surface area contributed by atoms with Gasteiger partial charge < -0.3 is 14.5 Å². The molecule has 0 N–H and O–H groups in total. The van der Waals surface area contributed by atoms with Gasteiger partial charge in [-0.15, -0.1) is 0 Å². The first-order valence-corrected chi connectivity index (χ1v) is 18.6. The molecule has 1 amide bonds. The molecule has 3 aliphatic rings. The van der Waals surface area contributed by atoms with Gasteiger partial charge in [0.2, 0.25) is 5.91 Å². The number of hydrogen-bond acceptors (Lipinski definition) is 7. The van der Waals surface area contributed by atoms with E-state index in [9.17, 15) is 18.0 Å². The summed E-state index contributed by atoms with van der Waals surface area (Å²) < 4.78 is 63.0. The molecule has 3 aromatic heterocycles. The van der Waals surface area contributed by atoms with Crippen molar-refractivity contribution in [2.45, 2.75) is 52.4 Å². The zero-order valence-corrected chi connectivity index (χ0v) is 32.3. The highest BCUT2D eigenvalue weighted by atomic mass is 79.9. The van der Waals surface area contributed by atoms with E-state index in [1.165, 1.54) is 12.1 Å². The third-order valence-corrected chi connectivity index (χ3v) is 11.6. The third kappa shape index (κ3) is 6.62. The number of rotatable bonds is 3. The van der Waals surface area contributed by atoms with Gasteiger partial charge in [0, 0.05) is 72.3 Å². The van der Waals surface area contributed by atoms with Crippen molar-refractivity contribution < 1.29 is 27.1 Å². The number of ether oxygens (including phenoxy) is 1. The van der Waals surface area contributed by atoms with Crippen molar-refractivity contribution in [1.29, 1.82) is 0 Å². The second kappa shape index (κ2) is 14.2. The van der Waals surface area contributed by atoms with E-state index in [2.05, 4.69) is 71.5 Å². The molecule has 272 valence electrons. The van der Waals surface area contributed by atoms with Crippen LogP contribution < -0.4 is 14.7 Å². The van der Waals surface area contributed by atoms with Gasteiger partial charge in [-0.1, -0.05) is 13.8 Å². The number of piperidine rings is 1. The van der Waals surface area contributed by atoms with Crippen LogP contribution in [0.1, 0.15) is 49.9 Å². The first-order valence-electron chi connectivity index (χ1n) is 17.1. The summed E-state index contributed by atoms with van der Waals surface area (Å²) in [6, 6.07) is 6.32. The number of hydrogen-bond donors (Lipinski definition) is 0. The van der Waals surface area contributed by atoms with E-state index in [0.717, 1.165) is 60.7 Å². The minimum absolute atomic E-state index is 0.0116. The monoisotopic (exact) mass is 842 g/mol. The Morgan fingerprint density at radius 1 is 0.808 bits per heavy atom. The maximum absolute atomic E-state index is 15.5. The molecule has 0 atom stereocenters. The lowest BCUT2D eigenvalue weighted by Crippen LogP contribution is -2.37. The van der Waals surface area contributed by atoms with Crippen LogP contribution in [0.3, 0.4) is 0 Å². The molecule has 5 aromatic rings. The quantitative estimate of drug-likeness (QED) is 0.133. The number of carbonyl (C=O) groups excluding carboxylic acids is 1. The number of pyridine rings is 3. The van der Waals surface area contributed by atoms with Gasteiger partial charge in [-0.3, -0.25) is 14.7 Å². The molecule has 8 rings (SSSR count). The van der Waals surface area contributed by atoms with Crippen LogP contribution >= 0.6 is 31.9 Å². The molecule has 3 aliphatic heterocycles. The maximum Gasteiger partial charge on any atom is 0.228 e. The van der Waals surface area contributed by atoms with Crippen LogP contribution in [0.5, 0.6) is 0 Å². The van der Waals surface area contributed by atoms with Crippen molar-refractivity contribution in [2.24, 2.45) is 0 Å². The molecule has 52 heavy (non-hydrogen) atoms. The van der Waals surface area contributed by atoms with E-state index in [1.807, 2.05) is 13.1 Å².